The molecule has 186 valence electrons. The number of aromatic nitrogens is 1. The Balaban J connectivity index is 1.38. The predicted molar refractivity (Wildman–Crippen MR) is 124 cm³/mol. The summed E-state index contributed by atoms with van der Waals surface area (Å²) < 4.78 is 11.6. The van der Waals surface area contributed by atoms with Crippen LogP contribution in [-0.4, -0.2) is 46.5 Å². The molecule has 1 amide bonds. The van der Waals surface area contributed by atoms with Gasteiger partial charge in [0, 0.05) is 35.3 Å². The number of rotatable bonds is 7. The summed E-state index contributed by atoms with van der Waals surface area (Å²) in [5, 5.41) is 10.3. The van der Waals surface area contributed by atoms with E-state index in [2.05, 4.69) is 9.82 Å². The predicted octanol–water partition coefficient (Wildman–Crippen LogP) is 3.79. The van der Waals surface area contributed by atoms with Crippen molar-refractivity contribution in [1.29, 1.82) is 0 Å². The zero-order valence-corrected chi connectivity index (χ0v) is 20.2. The highest BCUT2D eigenvalue weighted by molar-refractivity contribution is 6.30. The number of hydrogen-bond acceptors (Lipinski definition) is 8. The lowest BCUT2D eigenvalue weighted by atomic mass is 9.86. The zero-order chi connectivity index (χ0) is 25.1. The number of ether oxygens (including phenoxy) is 2. The molecule has 11 heteroatoms. The number of carbonyl (C=O) groups excluding carboxylic acids is 2. The highest BCUT2D eigenvalue weighted by Crippen LogP contribution is 2.41. The van der Waals surface area contributed by atoms with Crippen LogP contribution < -0.4 is 4.74 Å². The molecule has 1 saturated carbocycles. The van der Waals surface area contributed by atoms with Gasteiger partial charge in [-0.25, -0.2) is 4.79 Å². The molecule has 10 nitrogen and oxygen atoms in total. The molecule has 1 aromatic heterocycles. The number of aryl methyl sites for hydroxylation is 1. The van der Waals surface area contributed by atoms with Crippen molar-refractivity contribution < 1.29 is 29.0 Å². The topological polar surface area (TPSA) is 121 Å². The van der Waals surface area contributed by atoms with Crippen molar-refractivity contribution in [1.82, 2.24) is 9.88 Å². The summed E-state index contributed by atoms with van der Waals surface area (Å²) in [7, 11) is 1.55. The molecule has 1 aliphatic heterocycles. The fourth-order valence-corrected chi connectivity index (χ4v) is 4.72. The third kappa shape index (κ3) is 5.71. The van der Waals surface area contributed by atoms with E-state index in [0.717, 1.165) is 16.7 Å². The van der Waals surface area contributed by atoms with Crippen LogP contribution in [0.25, 0.3) is 0 Å². The highest BCUT2D eigenvalue weighted by Gasteiger charge is 2.32. The van der Waals surface area contributed by atoms with Crippen molar-refractivity contribution in [3.05, 3.63) is 68.0 Å². The minimum Gasteiger partial charge on any atom is -0.423 e. The average Bonchev–Trinajstić information content (AvgIpc) is 3.25. The number of carbonyl (C=O) groups is 2. The van der Waals surface area contributed by atoms with Crippen molar-refractivity contribution >= 4 is 23.5 Å². The SMILES string of the molecule is Cc1ncc2c(c1OC(=O)CN(C)C(=O)C1CCC(O[N+](=O)[O-])CC1)CO[C@H]2c1ccc(Cl)cc1. The lowest BCUT2D eigenvalue weighted by Crippen LogP contribution is -2.40. The maximum Gasteiger partial charge on any atom is 0.331 e. The third-order valence-corrected chi connectivity index (χ3v) is 6.67. The number of esters is 1. The van der Waals surface area contributed by atoms with Gasteiger partial charge in [0.25, 0.3) is 5.09 Å². The van der Waals surface area contributed by atoms with Gasteiger partial charge in [-0.3, -0.25) is 9.78 Å². The maximum absolute atomic E-state index is 12.8. The number of halogens is 1. The fourth-order valence-electron chi connectivity index (χ4n) is 4.60. The first-order chi connectivity index (χ1) is 16.7. The van der Waals surface area contributed by atoms with Crippen LogP contribution in [0.2, 0.25) is 5.02 Å². The van der Waals surface area contributed by atoms with Crippen molar-refractivity contribution in [3.63, 3.8) is 0 Å². The normalized spacial score (nSPS) is 21.2. The van der Waals surface area contributed by atoms with Gasteiger partial charge in [0.2, 0.25) is 5.91 Å². The van der Waals surface area contributed by atoms with Crippen LogP contribution in [0, 0.1) is 23.0 Å². The van der Waals surface area contributed by atoms with Crippen LogP contribution >= 0.6 is 11.6 Å². The van der Waals surface area contributed by atoms with Gasteiger partial charge in [-0.15, -0.1) is 10.1 Å². The Kier molecular flexibility index (Phi) is 7.51. The van der Waals surface area contributed by atoms with E-state index in [1.807, 2.05) is 12.1 Å². The molecule has 0 saturated heterocycles. The Morgan fingerprint density at radius 3 is 2.57 bits per heavy atom. The molecule has 0 unspecified atom stereocenters. The van der Waals surface area contributed by atoms with Gasteiger partial charge in [0.05, 0.1) is 12.3 Å². The lowest BCUT2D eigenvalue weighted by Gasteiger charge is -2.29. The van der Waals surface area contributed by atoms with E-state index in [-0.39, 0.29) is 31.1 Å². The van der Waals surface area contributed by atoms with E-state index >= 15 is 0 Å². The summed E-state index contributed by atoms with van der Waals surface area (Å²) in [6.45, 7) is 1.78. The summed E-state index contributed by atoms with van der Waals surface area (Å²) in [6.07, 6.45) is 2.68. The molecular weight excluding hydrogens is 478 g/mol. The average molecular weight is 504 g/mol. The van der Waals surface area contributed by atoms with Crippen LogP contribution in [0.4, 0.5) is 0 Å². The largest absolute Gasteiger partial charge is 0.423 e. The Morgan fingerprint density at radius 2 is 1.91 bits per heavy atom. The van der Waals surface area contributed by atoms with Crippen LogP contribution in [-0.2, 0) is 25.8 Å². The van der Waals surface area contributed by atoms with E-state index in [1.165, 1.54) is 4.90 Å². The molecule has 2 aromatic rings. The van der Waals surface area contributed by atoms with Crippen molar-refractivity contribution in [2.24, 2.45) is 5.92 Å². The third-order valence-electron chi connectivity index (χ3n) is 6.41. The molecule has 1 atom stereocenters. The Bertz CT molecular complexity index is 1120. The number of amides is 1. The maximum atomic E-state index is 12.8. The number of benzene rings is 1. The minimum atomic E-state index is -0.797. The second-order valence-corrected chi connectivity index (χ2v) is 9.26. The van der Waals surface area contributed by atoms with E-state index in [9.17, 15) is 19.7 Å². The zero-order valence-electron chi connectivity index (χ0n) is 19.4. The molecule has 2 heterocycles. The summed E-state index contributed by atoms with van der Waals surface area (Å²) in [5.41, 5.74) is 3.04. The molecule has 0 radical (unpaired) electrons. The van der Waals surface area contributed by atoms with E-state index in [1.54, 1.807) is 32.3 Å². The Labute approximate surface area is 207 Å². The Hall–Kier alpha value is -3.24. The smallest absolute Gasteiger partial charge is 0.331 e. The molecule has 0 spiro atoms. The number of fused-ring (bicyclic) bond motifs is 1. The standard InChI is InChI=1S/C24H26ClN3O7/c1-14-22(20-13-33-23(19(20)11-26-14)15-3-7-17(25)8-4-15)34-21(29)12-27(2)24(30)16-5-9-18(10-6-16)35-28(31)32/h3-4,7-8,11,16,18,23H,5-6,9-10,12-13H2,1-2H3/t16?,18?,23-/m0/s1. The molecule has 4 rings (SSSR count). The fraction of sp³-hybridized carbons (Fsp3) is 0.458. The van der Waals surface area contributed by atoms with Gasteiger partial charge in [0.15, 0.2) is 5.75 Å². The molecule has 1 aliphatic carbocycles. The van der Waals surface area contributed by atoms with Crippen LogP contribution in [0.5, 0.6) is 5.75 Å². The highest BCUT2D eigenvalue weighted by atomic mass is 35.5. The van der Waals surface area contributed by atoms with Crippen LogP contribution in [0.3, 0.4) is 0 Å². The van der Waals surface area contributed by atoms with Gasteiger partial charge >= 0.3 is 5.97 Å². The van der Waals surface area contributed by atoms with Gasteiger partial charge < -0.3 is 19.2 Å². The summed E-state index contributed by atoms with van der Waals surface area (Å²) in [4.78, 5) is 46.3. The summed E-state index contributed by atoms with van der Waals surface area (Å²) in [5.74, 6) is -0.736. The lowest BCUT2D eigenvalue weighted by molar-refractivity contribution is -0.769. The molecule has 2 aliphatic rings. The number of hydrogen-bond donors (Lipinski definition) is 0. The van der Waals surface area contributed by atoms with Crippen LogP contribution in [0.15, 0.2) is 30.5 Å². The first kappa shape index (κ1) is 24.9. The first-order valence-electron chi connectivity index (χ1n) is 11.3. The number of likely N-dealkylation sites (N-methyl/N-ethyl adjacent to an activating group) is 1. The number of nitrogens with zero attached hydrogens (tertiary/aromatic N) is 3. The molecule has 0 N–H and O–H groups in total. The molecule has 1 aromatic carbocycles. The van der Waals surface area contributed by atoms with E-state index < -0.39 is 17.2 Å². The molecule has 0 bridgehead atoms. The van der Waals surface area contributed by atoms with Crippen LogP contribution in [0.1, 0.15) is 54.2 Å². The van der Waals surface area contributed by atoms with Gasteiger partial charge in [-0.05, 0) is 50.3 Å². The molecule has 1 fully saturated rings. The molecular formula is C24H26ClN3O7. The minimum absolute atomic E-state index is 0.194. The van der Waals surface area contributed by atoms with E-state index in [0.29, 0.717) is 42.1 Å². The van der Waals surface area contributed by atoms with Crippen molar-refractivity contribution in [2.75, 3.05) is 13.6 Å². The summed E-state index contributed by atoms with van der Waals surface area (Å²) in [6, 6.07) is 7.33. The first-order valence-corrected chi connectivity index (χ1v) is 11.7. The van der Waals surface area contributed by atoms with Gasteiger partial charge in [0.1, 0.15) is 18.8 Å². The quantitative estimate of drug-likeness (QED) is 0.318. The van der Waals surface area contributed by atoms with E-state index in [4.69, 9.17) is 21.1 Å². The monoisotopic (exact) mass is 503 g/mol. The second kappa shape index (κ2) is 10.6. The van der Waals surface area contributed by atoms with Gasteiger partial charge in [-0.1, -0.05) is 23.7 Å². The molecule has 35 heavy (non-hydrogen) atoms. The Morgan fingerprint density at radius 1 is 1.23 bits per heavy atom. The van der Waals surface area contributed by atoms with Gasteiger partial charge in [-0.2, -0.15) is 0 Å². The second-order valence-electron chi connectivity index (χ2n) is 8.82. The van der Waals surface area contributed by atoms with Crippen molar-refractivity contribution in [3.8, 4) is 5.75 Å². The summed E-state index contributed by atoms with van der Waals surface area (Å²) >= 11 is 5.99. The number of pyridine rings is 1. The van der Waals surface area contributed by atoms with Crippen molar-refractivity contribution in [2.45, 2.75) is 51.4 Å².